The summed E-state index contributed by atoms with van der Waals surface area (Å²) < 4.78 is 0. The summed E-state index contributed by atoms with van der Waals surface area (Å²) in [5, 5.41) is 3.28. The van der Waals surface area contributed by atoms with Gasteiger partial charge in [-0.25, -0.2) is 0 Å². The van der Waals surface area contributed by atoms with Crippen molar-refractivity contribution in [3.8, 4) is 0 Å². The van der Waals surface area contributed by atoms with Crippen LogP contribution in [0.25, 0.3) is 0 Å². The van der Waals surface area contributed by atoms with Crippen LogP contribution in [0.4, 0.5) is 5.69 Å². The highest BCUT2D eigenvalue weighted by atomic mass is 32.2. The number of rotatable bonds is 7. The summed E-state index contributed by atoms with van der Waals surface area (Å²) in [7, 11) is 4.11. The van der Waals surface area contributed by atoms with E-state index in [2.05, 4.69) is 54.5 Å². The van der Waals surface area contributed by atoms with Gasteiger partial charge in [0.1, 0.15) is 0 Å². The monoisotopic (exact) mass is 267 g/mol. The van der Waals surface area contributed by atoms with Gasteiger partial charge in [-0.05, 0) is 38.8 Å². The molecule has 1 aromatic heterocycles. The predicted octanol–water partition coefficient (Wildman–Crippen LogP) is 2.94. The zero-order valence-electron chi connectivity index (χ0n) is 12.1. The van der Waals surface area contributed by atoms with Gasteiger partial charge in [-0.1, -0.05) is 6.92 Å². The Morgan fingerprint density at radius 3 is 2.61 bits per heavy atom. The molecular weight excluding hydrogens is 242 g/mol. The topological polar surface area (TPSA) is 28.2 Å². The van der Waals surface area contributed by atoms with Crippen molar-refractivity contribution < 1.29 is 0 Å². The van der Waals surface area contributed by atoms with Gasteiger partial charge in [0.2, 0.25) is 0 Å². The second kappa shape index (κ2) is 7.64. The van der Waals surface area contributed by atoms with Crippen molar-refractivity contribution in [2.75, 3.05) is 31.0 Å². The van der Waals surface area contributed by atoms with E-state index >= 15 is 0 Å². The average molecular weight is 267 g/mol. The Bertz CT molecular complexity index is 335. The van der Waals surface area contributed by atoms with Gasteiger partial charge in [0.05, 0.1) is 17.6 Å². The first-order valence-corrected chi connectivity index (χ1v) is 7.88. The molecule has 4 heteroatoms. The molecule has 0 bridgehead atoms. The highest BCUT2D eigenvalue weighted by molar-refractivity contribution is 7.98. The van der Waals surface area contributed by atoms with Crippen LogP contribution in [-0.4, -0.2) is 37.1 Å². The molecule has 2 atom stereocenters. The van der Waals surface area contributed by atoms with E-state index in [0.717, 1.165) is 17.9 Å². The highest BCUT2D eigenvalue weighted by Gasteiger charge is 2.12. The molecule has 1 rings (SSSR count). The first kappa shape index (κ1) is 15.3. The van der Waals surface area contributed by atoms with Crippen LogP contribution < -0.4 is 10.2 Å². The summed E-state index contributed by atoms with van der Waals surface area (Å²) in [4.78, 5) is 6.86. The summed E-state index contributed by atoms with van der Waals surface area (Å²) >= 11 is 1.88. The van der Waals surface area contributed by atoms with Crippen LogP contribution in [0.2, 0.25) is 0 Å². The maximum Gasteiger partial charge on any atom is 0.0574 e. The minimum Gasteiger partial charge on any atom is -0.370 e. The summed E-state index contributed by atoms with van der Waals surface area (Å²) in [6.45, 7) is 4.41. The van der Waals surface area contributed by atoms with Crippen LogP contribution in [-0.2, 0) is 0 Å². The van der Waals surface area contributed by atoms with Crippen molar-refractivity contribution >= 4 is 17.4 Å². The number of nitrogens with one attached hydrogen (secondary N) is 1. The lowest BCUT2D eigenvalue weighted by atomic mass is 10.1. The average Bonchev–Trinajstić information content (AvgIpc) is 2.40. The quantitative estimate of drug-likeness (QED) is 0.822. The smallest absolute Gasteiger partial charge is 0.0574 e. The van der Waals surface area contributed by atoms with Crippen LogP contribution in [0.1, 0.15) is 32.0 Å². The highest BCUT2D eigenvalue weighted by Crippen LogP contribution is 2.19. The Kier molecular flexibility index (Phi) is 6.50. The molecule has 0 saturated heterocycles. The first-order chi connectivity index (χ1) is 8.63. The van der Waals surface area contributed by atoms with E-state index in [-0.39, 0.29) is 0 Å². The zero-order chi connectivity index (χ0) is 13.5. The van der Waals surface area contributed by atoms with Crippen molar-refractivity contribution in [2.24, 2.45) is 0 Å². The molecule has 0 amide bonds. The Hall–Kier alpha value is -0.740. The molecule has 0 aromatic carbocycles. The van der Waals surface area contributed by atoms with Gasteiger partial charge in [-0.3, -0.25) is 4.98 Å². The van der Waals surface area contributed by atoms with E-state index in [1.54, 1.807) is 0 Å². The second-order valence-corrected chi connectivity index (χ2v) is 5.52. The van der Waals surface area contributed by atoms with Gasteiger partial charge in [0.25, 0.3) is 0 Å². The molecule has 18 heavy (non-hydrogen) atoms. The largest absolute Gasteiger partial charge is 0.370 e. The number of aromatic nitrogens is 1. The number of pyridine rings is 1. The Morgan fingerprint density at radius 1 is 1.44 bits per heavy atom. The fraction of sp³-hybridized carbons (Fsp3) is 0.643. The summed E-state index contributed by atoms with van der Waals surface area (Å²) in [5.41, 5.74) is 2.31. The van der Waals surface area contributed by atoms with Gasteiger partial charge in [0.15, 0.2) is 0 Å². The fourth-order valence-corrected chi connectivity index (χ4v) is 2.69. The minimum absolute atomic E-state index is 0.355. The predicted molar refractivity (Wildman–Crippen MR) is 82.6 cm³/mol. The number of nitrogens with zero attached hydrogens (tertiary/aromatic N) is 2. The molecule has 1 heterocycles. The molecule has 0 spiro atoms. The Balaban J connectivity index is 2.75. The number of hydrogen-bond acceptors (Lipinski definition) is 4. The maximum absolute atomic E-state index is 4.57. The standard InChI is InChI=1S/C14H25N3S/c1-6-13(15-3)14-8-7-12(9-16-14)17(4)11(2)10-18-5/h7-9,11,13,15H,6,10H2,1-5H3. The zero-order valence-corrected chi connectivity index (χ0v) is 12.9. The molecule has 1 N–H and O–H groups in total. The summed E-state index contributed by atoms with van der Waals surface area (Å²) in [5.74, 6) is 1.13. The van der Waals surface area contributed by atoms with E-state index in [1.807, 2.05) is 25.0 Å². The van der Waals surface area contributed by atoms with Crippen LogP contribution in [0.5, 0.6) is 0 Å². The van der Waals surface area contributed by atoms with Gasteiger partial charge in [0, 0.05) is 24.9 Å². The molecule has 1 aromatic rings. The van der Waals surface area contributed by atoms with Crippen molar-refractivity contribution in [3.63, 3.8) is 0 Å². The van der Waals surface area contributed by atoms with Gasteiger partial charge in [-0.2, -0.15) is 11.8 Å². The SMILES string of the molecule is CCC(NC)c1ccc(N(C)C(C)CSC)cn1. The van der Waals surface area contributed by atoms with Gasteiger partial charge >= 0.3 is 0 Å². The van der Waals surface area contributed by atoms with E-state index < -0.39 is 0 Å². The van der Waals surface area contributed by atoms with Crippen molar-refractivity contribution in [1.82, 2.24) is 10.3 Å². The molecular formula is C14H25N3S. The lowest BCUT2D eigenvalue weighted by Crippen LogP contribution is -2.31. The molecule has 0 aliphatic rings. The fourth-order valence-electron chi connectivity index (χ4n) is 1.98. The lowest BCUT2D eigenvalue weighted by molar-refractivity contribution is 0.561. The summed E-state index contributed by atoms with van der Waals surface area (Å²) in [6, 6.07) is 5.17. The van der Waals surface area contributed by atoms with Crippen molar-refractivity contribution in [2.45, 2.75) is 32.4 Å². The lowest BCUT2D eigenvalue weighted by Gasteiger charge is -2.26. The molecule has 3 nitrogen and oxygen atoms in total. The second-order valence-electron chi connectivity index (χ2n) is 4.61. The molecule has 0 aliphatic heterocycles. The van der Waals surface area contributed by atoms with Crippen LogP contribution in [0.3, 0.4) is 0 Å². The van der Waals surface area contributed by atoms with E-state index in [9.17, 15) is 0 Å². The van der Waals surface area contributed by atoms with Crippen LogP contribution in [0.15, 0.2) is 18.3 Å². The third-order valence-electron chi connectivity index (χ3n) is 3.36. The van der Waals surface area contributed by atoms with E-state index in [0.29, 0.717) is 12.1 Å². The first-order valence-electron chi connectivity index (χ1n) is 6.49. The molecule has 0 saturated carbocycles. The molecule has 2 unspecified atom stereocenters. The maximum atomic E-state index is 4.57. The van der Waals surface area contributed by atoms with Gasteiger partial charge < -0.3 is 10.2 Å². The number of thioether (sulfide) groups is 1. The third kappa shape index (κ3) is 3.89. The minimum atomic E-state index is 0.355. The Labute approximate surface area is 115 Å². The molecule has 0 fully saturated rings. The van der Waals surface area contributed by atoms with Crippen LogP contribution >= 0.6 is 11.8 Å². The molecule has 0 radical (unpaired) electrons. The normalized spacial score (nSPS) is 14.3. The van der Waals surface area contributed by atoms with E-state index in [4.69, 9.17) is 0 Å². The van der Waals surface area contributed by atoms with Crippen molar-refractivity contribution in [1.29, 1.82) is 0 Å². The summed E-state index contributed by atoms with van der Waals surface area (Å²) in [6.07, 6.45) is 5.18. The third-order valence-corrected chi connectivity index (χ3v) is 4.18. The van der Waals surface area contributed by atoms with Crippen LogP contribution in [0, 0.1) is 0 Å². The molecule has 102 valence electrons. The number of anilines is 1. The van der Waals surface area contributed by atoms with Crippen molar-refractivity contribution in [3.05, 3.63) is 24.0 Å². The molecule has 0 aliphatic carbocycles. The van der Waals surface area contributed by atoms with E-state index in [1.165, 1.54) is 5.69 Å². The number of hydrogen-bond donors (Lipinski definition) is 1. The van der Waals surface area contributed by atoms with Gasteiger partial charge in [-0.15, -0.1) is 0 Å². The Morgan fingerprint density at radius 2 is 2.17 bits per heavy atom.